The van der Waals surface area contributed by atoms with E-state index < -0.39 is 20.4 Å². The van der Waals surface area contributed by atoms with Crippen LogP contribution in [0.4, 0.5) is 0 Å². The molecule has 2 aliphatic rings. The largest absolute Gasteiger partial charge is 0.344 e. The lowest BCUT2D eigenvalue weighted by Crippen LogP contribution is -2.44. The summed E-state index contributed by atoms with van der Waals surface area (Å²) in [4.78, 5) is 0.339. The van der Waals surface area contributed by atoms with Crippen molar-refractivity contribution >= 4 is 9.84 Å². The predicted octanol–water partition coefficient (Wildman–Crippen LogP) is 2.87. The fraction of sp³-hybridized carbons (Fsp3) is 0.412. The standard InChI is InChI=1S/C17H20O4S/c1-2-8-16(22(18,19)15-6-4-3-5-7-15)9-11-17(12-10-16)20-13-14-21-17/h2-7,9,11H,1,8,10,12-14H2/t16-/m0/s1. The van der Waals surface area contributed by atoms with Gasteiger partial charge in [-0.3, -0.25) is 0 Å². The number of hydrogen-bond donors (Lipinski definition) is 0. The molecule has 1 spiro atoms. The molecule has 0 radical (unpaired) electrons. The highest BCUT2D eigenvalue weighted by Crippen LogP contribution is 2.43. The lowest BCUT2D eigenvalue weighted by Gasteiger charge is -2.37. The van der Waals surface area contributed by atoms with Gasteiger partial charge in [-0.1, -0.05) is 30.4 Å². The number of hydrogen-bond acceptors (Lipinski definition) is 4. The van der Waals surface area contributed by atoms with Crippen LogP contribution in [0.3, 0.4) is 0 Å². The van der Waals surface area contributed by atoms with Gasteiger partial charge in [-0.15, -0.1) is 6.58 Å². The van der Waals surface area contributed by atoms with Crippen molar-refractivity contribution in [3.63, 3.8) is 0 Å². The van der Waals surface area contributed by atoms with Crippen LogP contribution < -0.4 is 0 Å². The first-order valence-electron chi connectivity index (χ1n) is 7.43. The maximum absolute atomic E-state index is 13.1. The van der Waals surface area contributed by atoms with Crippen molar-refractivity contribution < 1.29 is 17.9 Å². The molecule has 22 heavy (non-hydrogen) atoms. The summed E-state index contributed by atoms with van der Waals surface area (Å²) in [6.07, 6.45) is 6.53. The lowest BCUT2D eigenvalue weighted by atomic mass is 9.88. The molecular formula is C17H20O4S. The monoisotopic (exact) mass is 320 g/mol. The van der Waals surface area contributed by atoms with Crippen molar-refractivity contribution in [3.05, 3.63) is 55.1 Å². The quantitative estimate of drug-likeness (QED) is 0.801. The molecule has 3 rings (SSSR count). The first-order chi connectivity index (χ1) is 10.5. The van der Waals surface area contributed by atoms with Gasteiger partial charge in [-0.25, -0.2) is 8.42 Å². The van der Waals surface area contributed by atoms with Gasteiger partial charge < -0.3 is 9.47 Å². The minimum atomic E-state index is -3.50. The van der Waals surface area contributed by atoms with Gasteiger partial charge in [0, 0.05) is 6.42 Å². The molecule has 0 N–H and O–H groups in total. The molecule has 118 valence electrons. The van der Waals surface area contributed by atoms with E-state index in [4.69, 9.17) is 9.47 Å². The molecule has 1 aromatic carbocycles. The zero-order valence-corrected chi connectivity index (χ0v) is 13.2. The number of allylic oxidation sites excluding steroid dienone is 1. The maximum Gasteiger partial charge on any atom is 0.188 e. The van der Waals surface area contributed by atoms with Gasteiger partial charge >= 0.3 is 0 Å². The molecule has 0 bridgehead atoms. The zero-order valence-electron chi connectivity index (χ0n) is 12.4. The van der Waals surface area contributed by atoms with Crippen molar-refractivity contribution in [2.75, 3.05) is 13.2 Å². The summed E-state index contributed by atoms with van der Waals surface area (Å²) >= 11 is 0. The average Bonchev–Trinajstić information content (AvgIpc) is 2.99. The Balaban J connectivity index is 2.02. The van der Waals surface area contributed by atoms with Crippen molar-refractivity contribution in [1.82, 2.24) is 0 Å². The normalized spacial score (nSPS) is 27.1. The van der Waals surface area contributed by atoms with Crippen LogP contribution in [-0.4, -0.2) is 32.2 Å². The Kier molecular flexibility index (Phi) is 3.97. The molecule has 0 unspecified atom stereocenters. The van der Waals surface area contributed by atoms with E-state index in [1.165, 1.54) is 0 Å². The zero-order chi connectivity index (χ0) is 15.7. The maximum atomic E-state index is 13.1. The topological polar surface area (TPSA) is 52.6 Å². The minimum absolute atomic E-state index is 0.339. The number of sulfone groups is 1. The molecule has 0 saturated carbocycles. The molecule has 1 heterocycles. The second-order valence-corrected chi connectivity index (χ2v) is 8.01. The van der Waals surface area contributed by atoms with Crippen LogP contribution in [0.15, 0.2) is 60.0 Å². The summed E-state index contributed by atoms with van der Waals surface area (Å²) < 4.78 is 36.6. The number of ether oxygens (including phenoxy) is 2. The summed E-state index contributed by atoms with van der Waals surface area (Å²) in [6, 6.07) is 8.57. The molecule has 1 aliphatic heterocycles. The van der Waals surface area contributed by atoms with Gasteiger partial charge in [0.25, 0.3) is 0 Å². The van der Waals surface area contributed by atoms with Crippen molar-refractivity contribution in [1.29, 1.82) is 0 Å². The average molecular weight is 320 g/mol. The van der Waals surface area contributed by atoms with Crippen LogP contribution in [0.1, 0.15) is 19.3 Å². The van der Waals surface area contributed by atoms with Gasteiger partial charge in [0.1, 0.15) is 0 Å². The first-order valence-corrected chi connectivity index (χ1v) is 8.91. The summed E-state index contributed by atoms with van der Waals surface area (Å²) in [5.74, 6) is -0.739. The van der Waals surface area contributed by atoms with Gasteiger partial charge in [-0.05, 0) is 31.1 Å². The first kappa shape index (κ1) is 15.5. The van der Waals surface area contributed by atoms with Gasteiger partial charge in [-0.2, -0.15) is 0 Å². The Hall–Kier alpha value is -1.43. The molecule has 1 atom stereocenters. The minimum Gasteiger partial charge on any atom is -0.344 e. The van der Waals surface area contributed by atoms with E-state index in [1.807, 2.05) is 6.07 Å². The van der Waals surface area contributed by atoms with E-state index in [9.17, 15) is 8.42 Å². The predicted molar refractivity (Wildman–Crippen MR) is 84.2 cm³/mol. The summed E-state index contributed by atoms with van der Waals surface area (Å²) in [6.45, 7) is 4.83. The Morgan fingerprint density at radius 2 is 1.77 bits per heavy atom. The number of rotatable bonds is 4. The second-order valence-electron chi connectivity index (χ2n) is 5.72. The van der Waals surface area contributed by atoms with Crippen molar-refractivity contribution in [2.45, 2.75) is 34.7 Å². The smallest absolute Gasteiger partial charge is 0.188 e. The van der Waals surface area contributed by atoms with Crippen LogP contribution in [-0.2, 0) is 19.3 Å². The van der Waals surface area contributed by atoms with Gasteiger partial charge in [0.2, 0.25) is 0 Å². The summed E-state index contributed by atoms with van der Waals surface area (Å²) in [5.41, 5.74) is 0. The lowest BCUT2D eigenvalue weighted by molar-refractivity contribution is -0.126. The van der Waals surface area contributed by atoms with Gasteiger partial charge in [0.05, 0.1) is 22.9 Å². The molecule has 5 heteroatoms. The highest BCUT2D eigenvalue weighted by molar-refractivity contribution is 7.93. The molecule has 1 saturated heterocycles. The van der Waals surface area contributed by atoms with Crippen LogP contribution in [0.2, 0.25) is 0 Å². The molecule has 1 aromatic rings. The molecule has 0 amide bonds. The fourth-order valence-corrected chi connectivity index (χ4v) is 5.06. The van der Waals surface area contributed by atoms with Crippen LogP contribution >= 0.6 is 0 Å². The third-order valence-corrected chi connectivity index (χ3v) is 6.86. The highest BCUT2D eigenvalue weighted by atomic mass is 32.2. The van der Waals surface area contributed by atoms with Gasteiger partial charge in [0.15, 0.2) is 15.6 Å². The molecule has 0 aromatic heterocycles. The van der Waals surface area contributed by atoms with Crippen LogP contribution in [0.25, 0.3) is 0 Å². The van der Waals surface area contributed by atoms with E-state index in [-0.39, 0.29) is 0 Å². The van der Waals surface area contributed by atoms with E-state index in [1.54, 1.807) is 42.5 Å². The van der Waals surface area contributed by atoms with Crippen molar-refractivity contribution in [3.8, 4) is 0 Å². The van der Waals surface area contributed by atoms with Crippen LogP contribution in [0, 0.1) is 0 Å². The van der Waals surface area contributed by atoms with E-state index in [2.05, 4.69) is 6.58 Å². The van der Waals surface area contributed by atoms with Crippen LogP contribution in [0.5, 0.6) is 0 Å². The van der Waals surface area contributed by atoms with Crippen molar-refractivity contribution in [2.24, 2.45) is 0 Å². The Morgan fingerprint density at radius 3 is 2.32 bits per heavy atom. The molecule has 1 fully saturated rings. The fourth-order valence-electron chi connectivity index (χ4n) is 3.12. The SMILES string of the molecule is C=CC[C@]1(S(=O)(=O)c2ccccc2)C=CC2(CC1)OCCO2. The van der Waals surface area contributed by atoms with E-state index >= 15 is 0 Å². The van der Waals surface area contributed by atoms with E-state index in [0.717, 1.165) is 0 Å². The molecular weight excluding hydrogens is 300 g/mol. The second kappa shape index (κ2) is 5.65. The number of benzene rings is 1. The molecule has 1 aliphatic carbocycles. The molecule has 4 nitrogen and oxygen atoms in total. The third kappa shape index (κ3) is 2.43. The third-order valence-electron chi connectivity index (χ3n) is 4.39. The van der Waals surface area contributed by atoms with E-state index in [0.29, 0.717) is 37.4 Å². The Morgan fingerprint density at radius 1 is 1.09 bits per heavy atom. The highest BCUT2D eigenvalue weighted by Gasteiger charge is 2.48. The summed E-state index contributed by atoms with van der Waals surface area (Å²) in [7, 11) is -3.50. The summed E-state index contributed by atoms with van der Waals surface area (Å²) in [5, 5.41) is 0. The Bertz CT molecular complexity index is 672. The Labute approximate surface area is 131 Å².